The van der Waals surface area contributed by atoms with Crippen molar-refractivity contribution in [1.82, 2.24) is 10.2 Å². The van der Waals surface area contributed by atoms with Gasteiger partial charge in [0, 0.05) is 20.0 Å². The first-order valence-electron chi connectivity index (χ1n) is 7.10. The van der Waals surface area contributed by atoms with Gasteiger partial charge >= 0.3 is 5.97 Å². The van der Waals surface area contributed by atoms with E-state index in [9.17, 15) is 14.4 Å². The minimum absolute atomic E-state index is 0.0115. The lowest BCUT2D eigenvalue weighted by Gasteiger charge is -2.21. The summed E-state index contributed by atoms with van der Waals surface area (Å²) in [6, 6.07) is 0. The number of likely N-dealkylation sites (N-methyl/N-ethyl adjacent to an activating group) is 1. The Kier molecular flexibility index (Phi) is 6.48. The van der Waals surface area contributed by atoms with Gasteiger partial charge in [0.05, 0.1) is 0 Å². The maximum atomic E-state index is 11.8. The average molecular weight is 284 g/mol. The van der Waals surface area contributed by atoms with E-state index in [0.717, 1.165) is 25.7 Å². The summed E-state index contributed by atoms with van der Waals surface area (Å²) >= 11 is 0. The van der Waals surface area contributed by atoms with Crippen molar-refractivity contribution in [2.45, 2.75) is 45.1 Å². The molecule has 0 aromatic carbocycles. The number of esters is 1. The zero-order chi connectivity index (χ0) is 15.1. The molecular formula is C14H24N2O4. The van der Waals surface area contributed by atoms with E-state index in [1.165, 1.54) is 18.2 Å². The highest BCUT2D eigenvalue weighted by atomic mass is 16.5. The number of hydrogen-bond acceptors (Lipinski definition) is 4. The van der Waals surface area contributed by atoms with Crippen molar-refractivity contribution in [3.8, 4) is 0 Å². The average Bonchev–Trinajstić information content (AvgIpc) is 2.44. The SMILES string of the molecule is C[C@@H](OC(=O)CNC(=O)C1CCCCC1)C(=O)N(C)C. The third kappa shape index (κ3) is 5.19. The summed E-state index contributed by atoms with van der Waals surface area (Å²) in [5.74, 6) is -0.945. The van der Waals surface area contributed by atoms with Crippen molar-refractivity contribution in [3.05, 3.63) is 0 Å². The maximum absolute atomic E-state index is 11.8. The number of carbonyl (C=O) groups excluding carboxylic acids is 3. The van der Waals surface area contributed by atoms with E-state index in [0.29, 0.717) is 0 Å². The van der Waals surface area contributed by atoms with Gasteiger partial charge in [-0.3, -0.25) is 14.4 Å². The second-order valence-corrected chi connectivity index (χ2v) is 5.42. The normalized spacial score (nSPS) is 17.1. The standard InChI is InChI=1S/C14H24N2O4/c1-10(14(19)16(2)3)20-12(17)9-15-13(18)11-7-5-4-6-8-11/h10-11H,4-9H2,1-3H3,(H,15,18)/t10-/m1/s1. The van der Waals surface area contributed by atoms with Crippen molar-refractivity contribution in [2.75, 3.05) is 20.6 Å². The summed E-state index contributed by atoms with van der Waals surface area (Å²) in [7, 11) is 3.19. The van der Waals surface area contributed by atoms with Crippen molar-refractivity contribution < 1.29 is 19.1 Å². The fourth-order valence-corrected chi connectivity index (χ4v) is 2.32. The van der Waals surface area contributed by atoms with Crippen molar-refractivity contribution in [2.24, 2.45) is 5.92 Å². The van der Waals surface area contributed by atoms with Crippen LogP contribution in [0.2, 0.25) is 0 Å². The largest absolute Gasteiger partial charge is 0.451 e. The maximum Gasteiger partial charge on any atom is 0.326 e. The number of nitrogens with one attached hydrogen (secondary N) is 1. The van der Waals surface area contributed by atoms with Gasteiger partial charge in [0.2, 0.25) is 5.91 Å². The zero-order valence-electron chi connectivity index (χ0n) is 12.5. The topological polar surface area (TPSA) is 75.7 Å². The molecule has 20 heavy (non-hydrogen) atoms. The lowest BCUT2D eigenvalue weighted by molar-refractivity contribution is -0.157. The molecule has 6 nitrogen and oxygen atoms in total. The molecule has 0 aromatic rings. The van der Waals surface area contributed by atoms with E-state index in [4.69, 9.17) is 4.74 Å². The lowest BCUT2D eigenvalue weighted by atomic mass is 9.89. The molecule has 6 heteroatoms. The predicted octanol–water partition coefficient (Wildman–Crippen LogP) is 0.703. The molecule has 1 rings (SSSR count). The van der Waals surface area contributed by atoms with Crippen LogP contribution in [0.25, 0.3) is 0 Å². The Morgan fingerprint density at radius 2 is 1.80 bits per heavy atom. The first kappa shape index (κ1) is 16.5. The molecule has 0 spiro atoms. The molecule has 0 unspecified atom stereocenters. The molecule has 0 aliphatic heterocycles. The number of hydrogen-bond donors (Lipinski definition) is 1. The minimum Gasteiger partial charge on any atom is -0.451 e. The van der Waals surface area contributed by atoms with Crippen LogP contribution >= 0.6 is 0 Å². The summed E-state index contributed by atoms with van der Waals surface area (Å²) in [5, 5.41) is 2.59. The molecule has 1 aliphatic rings. The van der Waals surface area contributed by atoms with Crippen molar-refractivity contribution >= 4 is 17.8 Å². The van der Waals surface area contributed by atoms with E-state index >= 15 is 0 Å². The second kappa shape index (κ2) is 7.87. The molecule has 1 fully saturated rings. The number of amides is 2. The van der Waals surface area contributed by atoms with Crippen LogP contribution < -0.4 is 5.32 Å². The van der Waals surface area contributed by atoms with Gasteiger partial charge in [-0.15, -0.1) is 0 Å². The third-order valence-electron chi connectivity index (χ3n) is 3.48. The highest BCUT2D eigenvalue weighted by Gasteiger charge is 2.23. The Hall–Kier alpha value is -1.59. The monoisotopic (exact) mass is 284 g/mol. The van der Waals surface area contributed by atoms with Crippen LogP contribution in [0.5, 0.6) is 0 Å². The van der Waals surface area contributed by atoms with Gasteiger partial charge in [0.1, 0.15) is 6.54 Å². The van der Waals surface area contributed by atoms with Gasteiger partial charge < -0.3 is 15.0 Å². The first-order chi connectivity index (χ1) is 9.41. The number of ether oxygens (including phenoxy) is 1. The van der Waals surface area contributed by atoms with Gasteiger partial charge in [-0.1, -0.05) is 19.3 Å². The molecule has 1 atom stereocenters. The van der Waals surface area contributed by atoms with Crippen LogP contribution in [0.4, 0.5) is 0 Å². The lowest BCUT2D eigenvalue weighted by Crippen LogP contribution is -2.40. The van der Waals surface area contributed by atoms with Crippen LogP contribution in [0.15, 0.2) is 0 Å². The Bertz CT molecular complexity index is 362. The summed E-state index contributed by atoms with van der Waals surface area (Å²) in [6.07, 6.45) is 4.25. The Morgan fingerprint density at radius 1 is 1.20 bits per heavy atom. The van der Waals surface area contributed by atoms with Crippen LogP contribution in [-0.4, -0.2) is 49.4 Å². The number of rotatable bonds is 5. The Morgan fingerprint density at radius 3 is 2.35 bits per heavy atom. The van der Waals surface area contributed by atoms with E-state index in [-0.39, 0.29) is 24.3 Å². The smallest absolute Gasteiger partial charge is 0.326 e. The van der Waals surface area contributed by atoms with Gasteiger partial charge in [-0.25, -0.2) is 0 Å². The molecule has 0 aromatic heterocycles. The molecule has 0 bridgehead atoms. The van der Waals surface area contributed by atoms with Gasteiger partial charge in [0.15, 0.2) is 6.10 Å². The van der Waals surface area contributed by atoms with E-state index in [2.05, 4.69) is 5.32 Å². The molecule has 0 radical (unpaired) electrons. The van der Waals surface area contributed by atoms with Gasteiger partial charge in [-0.2, -0.15) is 0 Å². The molecule has 1 N–H and O–H groups in total. The highest BCUT2D eigenvalue weighted by Crippen LogP contribution is 2.23. The Balaban J connectivity index is 2.28. The third-order valence-corrected chi connectivity index (χ3v) is 3.48. The molecule has 0 saturated heterocycles. The molecule has 114 valence electrons. The summed E-state index contributed by atoms with van der Waals surface area (Å²) in [5.41, 5.74) is 0. The highest BCUT2D eigenvalue weighted by molar-refractivity contribution is 5.86. The van der Waals surface area contributed by atoms with Crippen molar-refractivity contribution in [1.29, 1.82) is 0 Å². The Labute approximate surface area is 119 Å². The van der Waals surface area contributed by atoms with E-state index in [1.54, 1.807) is 14.1 Å². The zero-order valence-corrected chi connectivity index (χ0v) is 12.5. The minimum atomic E-state index is -0.830. The second-order valence-electron chi connectivity index (χ2n) is 5.42. The fraction of sp³-hybridized carbons (Fsp3) is 0.786. The van der Waals surface area contributed by atoms with Crippen LogP contribution in [0.1, 0.15) is 39.0 Å². The predicted molar refractivity (Wildman–Crippen MR) is 73.8 cm³/mol. The molecule has 1 saturated carbocycles. The number of nitrogens with zero attached hydrogens (tertiary/aromatic N) is 1. The number of carbonyl (C=O) groups is 3. The molecular weight excluding hydrogens is 260 g/mol. The van der Waals surface area contributed by atoms with Gasteiger partial charge in [-0.05, 0) is 19.8 Å². The van der Waals surface area contributed by atoms with Gasteiger partial charge in [0.25, 0.3) is 5.91 Å². The quantitative estimate of drug-likeness (QED) is 0.754. The van der Waals surface area contributed by atoms with E-state index in [1.807, 2.05) is 0 Å². The summed E-state index contributed by atoms with van der Waals surface area (Å²) in [6.45, 7) is 1.34. The molecule has 0 heterocycles. The van der Waals surface area contributed by atoms with E-state index < -0.39 is 12.1 Å². The molecule has 1 aliphatic carbocycles. The van der Waals surface area contributed by atoms with Crippen molar-refractivity contribution in [3.63, 3.8) is 0 Å². The fourth-order valence-electron chi connectivity index (χ4n) is 2.32. The summed E-state index contributed by atoms with van der Waals surface area (Å²) < 4.78 is 4.97. The summed E-state index contributed by atoms with van der Waals surface area (Å²) in [4.78, 5) is 36.3. The van der Waals surface area contributed by atoms with Crippen LogP contribution in [0.3, 0.4) is 0 Å². The first-order valence-corrected chi connectivity index (χ1v) is 7.10. The molecule has 2 amide bonds. The van der Waals surface area contributed by atoms with Crippen LogP contribution in [0, 0.1) is 5.92 Å². The van der Waals surface area contributed by atoms with Crippen LogP contribution in [-0.2, 0) is 19.1 Å².